The summed E-state index contributed by atoms with van der Waals surface area (Å²) in [6.07, 6.45) is 0. The first-order valence-electron chi connectivity index (χ1n) is 9.80. The van der Waals surface area contributed by atoms with Crippen molar-refractivity contribution in [2.45, 2.75) is 13.5 Å². The molecule has 32 heavy (non-hydrogen) atoms. The van der Waals surface area contributed by atoms with Gasteiger partial charge in [0.1, 0.15) is 12.4 Å². The lowest BCUT2D eigenvalue weighted by Crippen LogP contribution is -2.15. The van der Waals surface area contributed by atoms with Crippen molar-refractivity contribution in [1.29, 1.82) is 0 Å². The fraction of sp³-hybridized carbons (Fsp3) is 0.130. The van der Waals surface area contributed by atoms with Crippen LogP contribution >= 0.6 is 0 Å². The Morgan fingerprint density at radius 3 is 2.31 bits per heavy atom. The lowest BCUT2D eigenvalue weighted by Gasteiger charge is -2.11. The normalized spacial score (nSPS) is 10.9. The summed E-state index contributed by atoms with van der Waals surface area (Å²) in [7, 11) is -3.36. The molecule has 9 heteroatoms. The van der Waals surface area contributed by atoms with Crippen molar-refractivity contribution >= 4 is 33.2 Å². The Labute approximate surface area is 186 Å². The van der Waals surface area contributed by atoms with Crippen molar-refractivity contribution in [3.8, 4) is 5.75 Å². The van der Waals surface area contributed by atoms with Gasteiger partial charge in [0.2, 0.25) is 10.0 Å². The van der Waals surface area contributed by atoms with Crippen molar-refractivity contribution in [1.82, 2.24) is 0 Å². The maximum Gasteiger partial charge on any atom is 0.255 e. The molecule has 4 N–H and O–H groups in total. The first-order chi connectivity index (χ1) is 15.3. The average molecular weight is 454 g/mol. The number of hydrogen-bond donors (Lipinski definition) is 3. The zero-order chi connectivity index (χ0) is 23.1. The van der Waals surface area contributed by atoms with Crippen LogP contribution in [0.3, 0.4) is 0 Å². The van der Waals surface area contributed by atoms with Crippen molar-refractivity contribution in [2.75, 3.05) is 15.8 Å². The van der Waals surface area contributed by atoms with Crippen LogP contribution < -0.4 is 20.5 Å². The number of para-hydroxylation sites is 1. The Bertz CT molecular complexity index is 1220. The SMILES string of the molecule is CCS(=O)(=O)Nc1ccc(NC(=O)c2cccc(COc3ccccc3C(N)=O)c2)cc1. The first-order valence-corrected chi connectivity index (χ1v) is 11.4. The number of benzene rings is 3. The van der Waals surface area contributed by atoms with Gasteiger partial charge in [0.25, 0.3) is 11.8 Å². The molecule has 2 amide bonds. The van der Waals surface area contributed by atoms with Gasteiger partial charge in [-0.2, -0.15) is 0 Å². The maximum atomic E-state index is 12.6. The standard InChI is InChI=1S/C23H23N3O5S/c1-2-32(29,30)26-19-12-10-18(11-13-19)25-23(28)17-7-5-6-16(14-17)15-31-21-9-4-3-8-20(21)22(24)27/h3-14,26H,2,15H2,1H3,(H2,24,27)(H,25,28). The van der Waals surface area contributed by atoms with E-state index < -0.39 is 15.9 Å². The van der Waals surface area contributed by atoms with Crippen molar-refractivity contribution < 1.29 is 22.7 Å². The summed E-state index contributed by atoms with van der Waals surface area (Å²) in [5.41, 5.74) is 7.74. The predicted molar refractivity (Wildman–Crippen MR) is 123 cm³/mol. The summed E-state index contributed by atoms with van der Waals surface area (Å²) in [5.74, 6) is -0.568. The number of amides is 2. The van der Waals surface area contributed by atoms with Crippen LogP contribution in [-0.2, 0) is 16.6 Å². The number of anilines is 2. The van der Waals surface area contributed by atoms with Gasteiger partial charge in [-0.15, -0.1) is 0 Å². The molecule has 0 unspecified atom stereocenters. The highest BCUT2D eigenvalue weighted by molar-refractivity contribution is 7.92. The van der Waals surface area contributed by atoms with Crippen LogP contribution in [0.25, 0.3) is 0 Å². The molecule has 3 rings (SSSR count). The Balaban J connectivity index is 1.65. The lowest BCUT2D eigenvalue weighted by atomic mass is 10.1. The van der Waals surface area contributed by atoms with Crippen molar-refractivity contribution in [3.63, 3.8) is 0 Å². The minimum Gasteiger partial charge on any atom is -0.488 e. The summed E-state index contributed by atoms with van der Waals surface area (Å²) >= 11 is 0. The maximum absolute atomic E-state index is 12.6. The predicted octanol–water partition coefficient (Wildman–Crippen LogP) is 3.38. The molecule has 0 aromatic heterocycles. The second kappa shape index (κ2) is 9.97. The highest BCUT2D eigenvalue weighted by Gasteiger charge is 2.11. The molecular formula is C23H23N3O5S. The number of primary amides is 1. The molecule has 3 aromatic rings. The third-order valence-electron chi connectivity index (χ3n) is 4.53. The van der Waals surface area contributed by atoms with E-state index in [0.717, 1.165) is 5.56 Å². The third-order valence-corrected chi connectivity index (χ3v) is 5.84. The summed E-state index contributed by atoms with van der Waals surface area (Å²) in [6.45, 7) is 1.70. The molecule has 0 heterocycles. The fourth-order valence-corrected chi connectivity index (χ4v) is 3.48. The molecule has 8 nitrogen and oxygen atoms in total. The van der Waals surface area contributed by atoms with Gasteiger partial charge in [0.05, 0.1) is 11.3 Å². The molecule has 0 aliphatic heterocycles. The molecule has 0 bridgehead atoms. The molecule has 0 saturated carbocycles. The Morgan fingerprint density at radius 1 is 0.938 bits per heavy atom. The third kappa shape index (κ3) is 6.08. The number of nitrogens with two attached hydrogens (primary N) is 1. The van der Waals surface area contributed by atoms with Crippen LogP contribution in [0.2, 0.25) is 0 Å². The molecule has 0 fully saturated rings. The summed E-state index contributed by atoms with van der Waals surface area (Å²) in [5, 5.41) is 2.77. The van der Waals surface area contributed by atoms with Gasteiger partial charge < -0.3 is 15.8 Å². The van der Waals surface area contributed by atoms with Gasteiger partial charge in [0.15, 0.2) is 0 Å². The average Bonchev–Trinajstić information content (AvgIpc) is 2.79. The number of carbonyl (C=O) groups is 2. The molecule has 0 aliphatic rings. The second-order valence-electron chi connectivity index (χ2n) is 6.89. The van der Waals surface area contributed by atoms with E-state index in [9.17, 15) is 18.0 Å². The first kappa shape index (κ1) is 22.8. The van der Waals surface area contributed by atoms with Gasteiger partial charge >= 0.3 is 0 Å². The van der Waals surface area contributed by atoms with Crippen molar-refractivity contribution in [2.24, 2.45) is 5.73 Å². The highest BCUT2D eigenvalue weighted by atomic mass is 32.2. The second-order valence-corrected chi connectivity index (χ2v) is 8.90. The quantitative estimate of drug-likeness (QED) is 0.458. The summed E-state index contributed by atoms with van der Waals surface area (Å²) in [6, 6.07) is 19.9. The summed E-state index contributed by atoms with van der Waals surface area (Å²) < 4.78 is 31.4. The smallest absolute Gasteiger partial charge is 0.255 e. The molecule has 0 spiro atoms. The van der Waals surface area contributed by atoms with Gasteiger partial charge in [0, 0.05) is 16.9 Å². The van der Waals surface area contributed by atoms with Crippen LogP contribution in [0.5, 0.6) is 5.75 Å². The van der Waals surface area contributed by atoms with Gasteiger partial charge in [-0.25, -0.2) is 8.42 Å². The van der Waals surface area contributed by atoms with E-state index in [4.69, 9.17) is 10.5 Å². The Kier molecular flexibility index (Phi) is 7.11. The van der Waals surface area contributed by atoms with E-state index in [1.807, 2.05) is 0 Å². The highest BCUT2D eigenvalue weighted by Crippen LogP contribution is 2.20. The monoisotopic (exact) mass is 453 g/mol. The van der Waals surface area contributed by atoms with Crippen LogP contribution in [0.1, 0.15) is 33.2 Å². The number of rotatable bonds is 9. The topological polar surface area (TPSA) is 128 Å². The van der Waals surface area contributed by atoms with E-state index in [1.165, 1.54) is 0 Å². The summed E-state index contributed by atoms with van der Waals surface area (Å²) in [4.78, 5) is 24.1. The number of nitrogens with one attached hydrogen (secondary N) is 2. The molecular weight excluding hydrogens is 430 g/mol. The van der Waals surface area contributed by atoms with Crippen LogP contribution in [0.15, 0.2) is 72.8 Å². The number of sulfonamides is 1. The number of carbonyl (C=O) groups excluding carboxylic acids is 2. The van der Waals surface area contributed by atoms with Crippen molar-refractivity contribution in [3.05, 3.63) is 89.5 Å². The number of hydrogen-bond acceptors (Lipinski definition) is 5. The van der Waals surface area contributed by atoms with E-state index in [2.05, 4.69) is 10.0 Å². The molecule has 3 aromatic carbocycles. The fourth-order valence-electron chi connectivity index (χ4n) is 2.84. The molecule has 166 valence electrons. The van der Waals surface area contributed by atoms with Gasteiger partial charge in [-0.05, 0) is 61.0 Å². The lowest BCUT2D eigenvalue weighted by molar-refractivity contribution is 0.0994. The molecule has 0 radical (unpaired) electrons. The van der Waals surface area contributed by atoms with Crippen LogP contribution in [0, 0.1) is 0 Å². The molecule has 0 atom stereocenters. The number of ether oxygens (including phenoxy) is 1. The van der Waals surface area contributed by atoms with E-state index in [-0.39, 0.29) is 23.8 Å². The minimum absolute atomic E-state index is 0.0281. The zero-order valence-corrected chi connectivity index (χ0v) is 18.2. The van der Waals surface area contributed by atoms with E-state index in [1.54, 1.807) is 79.7 Å². The Morgan fingerprint density at radius 2 is 1.62 bits per heavy atom. The van der Waals surface area contributed by atoms with E-state index >= 15 is 0 Å². The van der Waals surface area contributed by atoms with Crippen LogP contribution in [0.4, 0.5) is 11.4 Å². The molecule has 0 saturated heterocycles. The Hall–Kier alpha value is -3.85. The van der Waals surface area contributed by atoms with Gasteiger partial charge in [-0.3, -0.25) is 14.3 Å². The van der Waals surface area contributed by atoms with E-state index in [0.29, 0.717) is 22.7 Å². The van der Waals surface area contributed by atoms with Crippen LogP contribution in [-0.4, -0.2) is 26.0 Å². The minimum atomic E-state index is -3.36. The zero-order valence-electron chi connectivity index (χ0n) is 17.4. The molecule has 0 aliphatic carbocycles. The largest absolute Gasteiger partial charge is 0.488 e. The van der Waals surface area contributed by atoms with Gasteiger partial charge in [-0.1, -0.05) is 24.3 Å².